The van der Waals surface area contributed by atoms with Crippen molar-refractivity contribution in [2.45, 2.75) is 38.0 Å². The van der Waals surface area contributed by atoms with E-state index in [1.165, 1.54) is 0 Å². The molecule has 0 radical (unpaired) electrons. The lowest BCUT2D eigenvalue weighted by Gasteiger charge is -2.10. The quantitative estimate of drug-likeness (QED) is 0.719. The maximum Gasteiger partial charge on any atom is 0.244 e. The van der Waals surface area contributed by atoms with Gasteiger partial charge >= 0.3 is 0 Å². The molecule has 0 saturated heterocycles. The highest BCUT2D eigenvalue weighted by Gasteiger charge is 2.17. The number of aromatic nitrogens is 1. The van der Waals surface area contributed by atoms with E-state index < -0.39 is 10.0 Å². The minimum Gasteiger partial charge on any atom is -0.372 e. The number of hydrogen-bond donors (Lipinski definition) is 2. The lowest BCUT2D eigenvalue weighted by Crippen LogP contribution is -2.25. The molecule has 0 atom stereocenters. The van der Waals surface area contributed by atoms with Gasteiger partial charge in [-0.05, 0) is 24.5 Å². The molecule has 0 fully saturated rings. The van der Waals surface area contributed by atoms with E-state index in [9.17, 15) is 8.42 Å². The molecule has 6 heteroatoms. The Morgan fingerprint density at radius 3 is 2.68 bits per heavy atom. The third-order valence-electron chi connectivity index (χ3n) is 2.80. The molecule has 0 aliphatic rings. The van der Waals surface area contributed by atoms with Crippen LogP contribution in [0.3, 0.4) is 0 Å². The Bertz CT molecular complexity index is 486. The highest BCUT2D eigenvalue weighted by molar-refractivity contribution is 7.89. The molecule has 0 saturated carbocycles. The summed E-state index contributed by atoms with van der Waals surface area (Å²) in [6, 6.07) is 3.17. The molecule has 0 aromatic carbocycles. The van der Waals surface area contributed by atoms with Gasteiger partial charge in [-0.1, -0.05) is 26.7 Å². The maximum atomic E-state index is 12.1. The Balaban J connectivity index is 2.56. The topological polar surface area (TPSA) is 71.1 Å². The van der Waals surface area contributed by atoms with Gasteiger partial charge in [0.1, 0.15) is 10.7 Å². The highest BCUT2D eigenvalue weighted by Crippen LogP contribution is 2.17. The molecular formula is C13H23N3O2S. The summed E-state index contributed by atoms with van der Waals surface area (Å²) in [5.41, 5.74) is 0. The lowest BCUT2D eigenvalue weighted by atomic mass is 10.1. The number of nitrogens with one attached hydrogen (secondary N) is 2. The first-order valence-corrected chi connectivity index (χ1v) is 8.08. The van der Waals surface area contributed by atoms with Crippen molar-refractivity contribution in [2.75, 3.05) is 18.9 Å². The normalized spacial score (nSPS) is 11.8. The first kappa shape index (κ1) is 15.9. The minimum atomic E-state index is -3.48. The van der Waals surface area contributed by atoms with Crippen LogP contribution in [0.5, 0.6) is 0 Å². The van der Waals surface area contributed by atoms with Crippen molar-refractivity contribution in [3.63, 3.8) is 0 Å². The Morgan fingerprint density at radius 1 is 1.32 bits per heavy atom. The first-order valence-electron chi connectivity index (χ1n) is 6.60. The van der Waals surface area contributed by atoms with Crippen molar-refractivity contribution in [1.82, 2.24) is 9.71 Å². The van der Waals surface area contributed by atoms with Crippen molar-refractivity contribution < 1.29 is 8.42 Å². The van der Waals surface area contributed by atoms with Gasteiger partial charge in [-0.15, -0.1) is 0 Å². The third kappa shape index (κ3) is 5.16. The number of hydrogen-bond acceptors (Lipinski definition) is 4. The SMILES string of the molecule is CNc1ncccc1S(=O)(=O)NCCCCC(C)C. The average Bonchev–Trinajstić information content (AvgIpc) is 2.37. The highest BCUT2D eigenvalue weighted by atomic mass is 32.2. The number of unbranched alkanes of at least 4 members (excludes halogenated alkanes) is 1. The number of nitrogens with zero attached hydrogens (tertiary/aromatic N) is 1. The smallest absolute Gasteiger partial charge is 0.244 e. The van der Waals surface area contributed by atoms with E-state index in [0.717, 1.165) is 19.3 Å². The fourth-order valence-corrected chi connectivity index (χ4v) is 2.99. The van der Waals surface area contributed by atoms with E-state index >= 15 is 0 Å². The van der Waals surface area contributed by atoms with Gasteiger partial charge < -0.3 is 5.32 Å². The van der Waals surface area contributed by atoms with E-state index in [0.29, 0.717) is 18.3 Å². The summed E-state index contributed by atoms with van der Waals surface area (Å²) in [6.45, 7) is 4.80. The van der Waals surface area contributed by atoms with Crippen LogP contribution >= 0.6 is 0 Å². The molecule has 0 aliphatic carbocycles. The molecular weight excluding hydrogens is 262 g/mol. The van der Waals surface area contributed by atoms with E-state index in [4.69, 9.17) is 0 Å². The summed E-state index contributed by atoms with van der Waals surface area (Å²) < 4.78 is 26.9. The minimum absolute atomic E-state index is 0.196. The van der Waals surface area contributed by atoms with Gasteiger partial charge in [-0.25, -0.2) is 18.1 Å². The van der Waals surface area contributed by atoms with Gasteiger partial charge in [0.05, 0.1) is 0 Å². The number of sulfonamides is 1. The van der Waals surface area contributed by atoms with Crippen LogP contribution in [0.1, 0.15) is 33.1 Å². The molecule has 19 heavy (non-hydrogen) atoms. The van der Waals surface area contributed by atoms with E-state index in [1.807, 2.05) is 0 Å². The van der Waals surface area contributed by atoms with Crippen molar-refractivity contribution in [1.29, 1.82) is 0 Å². The van der Waals surface area contributed by atoms with Crippen LogP contribution in [-0.2, 0) is 10.0 Å². The summed E-state index contributed by atoms with van der Waals surface area (Å²) >= 11 is 0. The van der Waals surface area contributed by atoms with Crippen LogP contribution in [0.25, 0.3) is 0 Å². The Kier molecular flexibility index (Phi) is 6.24. The molecule has 108 valence electrons. The fraction of sp³-hybridized carbons (Fsp3) is 0.615. The number of pyridine rings is 1. The molecule has 0 bridgehead atoms. The fourth-order valence-electron chi connectivity index (χ4n) is 1.76. The maximum absolute atomic E-state index is 12.1. The number of anilines is 1. The van der Waals surface area contributed by atoms with Crippen LogP contribution in [0.2, 0.25) is 0 Å². The van der Waals surface area contributed by atoms with Gasteiger partial charge in [0, 0.05) is 19.8 Å². The Hall–Kier alpha value is -1.14. The largest absolute Gasteiger partial charge is 0.372 e. The standard InChI is InChI=1S/C13H23N3O2S/c1-11(2)7-4-5-10-16-19(17,18)12-8-6-9-15-13(12)14-3/h6,8-9,11,16H,4-5,7,10H2,1-3H3,(H,14,15). The second kappa shape index (κ2) is 7.45. The van der Waals surface area contributed by atoms with Crippen LogP contribution in [-0.4, -0.2) is 27.0 Å². The first-order chi connectivity index (χ1) is 8.97. The third-order valence-corrected chi connectivity index (χ3v) is 4.29. The second-order valence-corrected chi connectivity index (χ2v) is 6.62. The summed E-state index contributed by atoms with van der Waals surface area (Å²) in [7, 11) is -1.82. The zero-order chi connectivity index (χ0) is 14.3. The van der Waals surface area contributed by atoms with Crippen molar-refractivity contribution in [2.24, 2.45) is 5.92 Å². The van der Waals surface area contributed by atoms with Crippen molar-refractivity contribution >= 4 is 15.8 Å². The number of rotatable bonds is 8. The lowest BCUT2D eigenvalue weighted by molar-refractivity contribution is 0.530. The molecule has 0 unspecified atom stereocenters. The summed E-state index contributed by atoms with van der Waals surface area (Å²) in [6.07, 6.45) is 4.57. The van der Waals surface area contributed by atoms with E-state index in [1.54, 1.807) is 25.4 Å². The van der Waals surface area contributed by atoms with Crippen molar-refractivity contribution in [3.05, 3.63) is 18.3 Å². The van der Waals surface area contributed by atoms with E-state index in [2.05, 4.69) is 28.9 Å². The molecule has 2 N–H and O–H groups in total. The molecule has 0 aliphatic heterocycles. The zero-order valence-electron chi connectivity index (χ0n) is 11.8. The van der Waals surface area contributed by atoms with Crippen LogP contribution in [0.15, 0.2) is 23.2 Å². The second-order valence-electron chi connectivity index (χ2n) is 4.89. The zero-order valence-corrected chi connectivity index (χ0v) is 12.6. The summed E-state index contributed by atoms with van der Waals surface area (Å²) in [5, 5.41) is 2.79. The van der Waals surface area contributed by atoms with Gasteiger partial charge in [-0.3, -0.25) is 0 Å². The molecule has 1 aromatic rings. The Labute approximate surface area is 115 Å². The van der Waals surface area contributed by atoms with Gasteiger partial charge in [-0.2, -0.15) is 0 Å². The van der Waals surface area contributed by atoms with Gasteiger partial charge in [0.2, 0.25) is 10.0 Å². The van der Waals surface area contributed by atoms with Crippen LogP contribution < -0.4 is 10.0 Å². The van der Waals surface area contributed by atoms with Crippen molar-refractivity contribution in [3.8, 4) is 0 Å². The van der Waals surface area contributed by atoms with Crippen LogP contribution in [0.4, 0.5) is 5.82 Å². The average molecular weight is 285 g/mol. The predicted molar refractivity (Wildman–Crippen MR) is 77.7 cm³/mol. The Morgan fingerprint density at radius 2 is 2.05 bits per heavy atom. The van der Waals surface area contributed by atoms with Gasteiger partial charge in [0.25, 0.3) is 0 Å². The van der Waals surface area contributed by atoms with E-state index in [-0.39, 0.29) is 4.90 Å². The molecule has 0 amide bonds. The predicted octanol–water partition coefficient (Wildman–Crippen LogP) is 2.23. The molecule has 1 rings (SSSR count). The van der Waals surface area contributed by atoms with Crippen LogP contribution in [0, 0.1) is 5.92 Å². The molecule has 1 heterocycles. The molecule has 5 nitrogen and oxygen atoms in total. The molecule has 0 spiro atoms. The molecule has 1 aromatic heterocycles. The monoisotopic (exact) mass is 285 g/mol. The van der Waals surface area contributed by atoms with Gasteiger partial charge in [0.15, 0.2) is 0 Å². The summed E-state index contributed by atoms with van der Waals surface area (Å²) in [5.74, 6) is 1.03. The summed E-state index contributed by atoms with van der Waals surface area (Å²) in [4.78, 5) is 4.20.